The Morgan fingerprint density at radius 2 is 2.12 bits per heavy atom. The van der Waals surface area contributed by atoms with E-state index in [2.05, 4.69) is 26.6 Å². The fourth-order valence-electron chi connectivity index (χ4n) is 4.52. The number of amides is 2. The molecule has 1 atom stereocenters. The molecule has 3 fully saturated rings. The molecule has 1 spiro atoms. The van der Waals surface area contributed by atoms with E-state index in [1.165, 1.54) is 19.2 Å². The molecule has 0 unspecified atom stereocenters. The number of rotatable bonds is 5. The average molecular weight is 438 g/mol. The third-order valence-corrected chi connectivity index (χ3v) is 6.79. The van der Waals surface area contributed by atoms with E-state index >= 15 is 0 Å². The van der Waals surface area contributed by atoms with Crippen molar-refractivity contribution in [1.29, 1.82) is 5.26 Å². The number of nitrogens with zero attached hydrogens (tertiary/aromatic N) is 4. The van der Waals surface area contributed by atoms with Crippen LogP contribution >= 0.6 is 0 Å². The summed E-state index contributed by atoms with van der Waals surface area (Å²) in [5.41, 5.74) is -0.271. The summed E-state index contributed by atoms with van der Waals surface area (Å²) in [5, 5.41) is 19.0. The summed E-state index contributed by atoms with van der Waals surface area (Å²) in [7, 11) is 1.44. The lowest BCUT2D eigenvalue weighted by Gasteiger charge is -2.39. The van der Waals surface area contributed by atoms with Crippen LogP contribution in [0.2, 0.25) is 0 Å². The van der Waals surface area contributed by atoms with Crippen LogP contribution in [0.4, 0.5) is 4.39 Å². The molecule has 9 nitrogen and oxygen atoms in total. The number of likely N-dealkylation sites (tertiary alicyclic amines) is 1. The van der Waals surface area contributed by atoms with Crippen LogP contribution in [0.1, 0.15) is 49.0 Å². The number of aromatic nitrogens is 3. The van der Waals surface area contributed by atoms with Crippen molar-refractivity contribution < 1.29 is 18.7 Å². The zero-order valence-corrected chi connectivity index (χ0v) is 17.7. The highest BCUT2D eigenvalue weighted by atomic mass is 19.1. The second kappa shape index (κ2) is 7.29. The standard InChI is InChI=1S/C22H23FN6O3/c1-32-18-8-14(15(23)11-25-18)16-9-17(28-27-16)20(31)29-7-2-13(10-22(29)5-6-22)19(30)26-21(12-24)3-4-21/h8-9,11,13H,2-7,10H2,1H3,(H,26,30)(H,27,28)/t13-/m0/s1. The van der Waals surface area contributed by atoms with Gasteiger partial charge in [0.2, 0.25) is 11.8 Å². The van der Waals surface area contributed by atoms with E-state index in [4.69, 9.17) is 4.74 Å². The van der Waals surface area contributed by atoms with Gasteiger partial charge >= 0.3 is 0 Å². The van der Waals surface area contributed by atoms with Crippen LogP contribution in [0.5, 0.6) is 5.88 Å². The number of nitriles is 1. The molecule has 3 heterocycles. The molecule has 1 saturated heterocycles. The number of H-pyrrole nitrogens is 1. The van der Waals surface area contributed by atoms with Gasteiger partial charge in [-0.15, -0.1) is 0 Å². The van der Waals surface area contributed by atoms with Gasteiger partial charge in [-0.25, -0.2) is 9.37 Å². The monoisotopic (exact) mass is 438 g/mol. The number of pyridine rings is 1. The van der Waals surface area contributed by atoms with Crippen LogP contribution in [0.25, 0.3) is 11.3 Å². The number of halogens is 1. The Balaban J connectivity index is 1.30. The predicted octanol–water partition coefficient (Wildman–Crippen LogP) is 2.18. The maximum atomic E-state index is 14.2. The molecule has 2 aromatic rings. The number of ether oxygens (including phenoxy) is 1. The largest absolute Gasteiger partial charge is 0.481 e. The minimum absolute atomic E-state index is 0.0895. The van der Waals surface area contributed by atoms with Crippen molar-refractivity contribution in [3.05, 3.63) is 29.8 Å². The Hall–Kier alpha value is -3.48. The molecule has 2 aliphatic carbocycles. The van der Waals surface area contributed by atoms with E-state index in [1.807, 2.05) is 4.90 Å². The fraction of sp³-hybridized carbons (Fsp3) is 0.500. The molecule has 1 aliphatic heterocycles. The SMILES string of the molecule is COc1cc(-c2cc(C(=O)N3CC[C@H](C(=O)NC4(C#N)CC4)CC34CC4)[nH]n2)c(F)cn1. The highest BCUT2D eigenvalue weighted by molar-refractivity contribution is 5.94. The van der Waals surface area contributed by atoms with Crippen LogP contribution in [-0.2, 0) is 4.79 Å². The molecule has 0 radical (unpaired) electrons. The lowest BCUT2D eigenvalue weighted by molar-refractivity contribution is -0.127. The highest BCUT2D eigenvalue weighted by Crippen LogP contribution is 2.51. The maximum absolute atomic E-state index is 14.2. The molecule has 0 bridgehead atoms. The van der Waals surface area contributed by atoms with Crippen molar-refractivity contribution in [2.75, 3.05) is 13.7 Å². The first-order valence-electron chi connectivity index (χ1n) is 10.7. The first-order valence-corrected chi connectivity index (χ1v) is 10.7. The topological polar surface area (TPSA) is 124 Å². The Labute approximate surface area is 184 Å². The molecule has 10 heteroatoms. The number of methoxy groups -OCH3 is 1. The van der Waals surface area contributed by atoms with Gasteiger partial charge in [0.1, 0.15) is 11.2 Å². The van der Waals surface area contributed by atoms with Gasteiger partial charge in [-0.2, -0.15) is 10.4 Å². The average Bonchev–Trinajstić information content (AvgIpc) is 3.70. The Kier molecular flexibility index (Phi) is 4.65. The molecule has 3 aliphatic rings. The van der Waals surface area contributed by atoms with Crippen LogP contribution in [0.15, 0.2) is 18.3 Å². The number of hydrogen-bond donors (Lipinski definition) is 2. The van der Waals surface area contributed by atoms with Gasteiger partial charge < -0.3 is 15.0 Å². The lowest BCUT2D eigenvalue weighted by Crippen LogP contribution is -2.52. The molecule has 2 N–H and O–H groups in total. The summed E-state index contributed by atoms with van der Waals surface area (Å²) in [6, 6.07) is 5.15. The van der Waals surface area contributed by atoms with Gasteiger partial charge in [-0.1, -0.05) is 0 Å². The quantitative estimate of drug-likeness (QED) is 0.737. The molecule has 2 amide bonds. The van der Waals surface area contributed by atoms with Crippen LogP contribution in [0.3, 0.4) is 0 Å². The van der Waals surface area contributed by atoms with E-state index in [1.54, 1.807) is 0 Å². The molecule has 166 valence electrons. The number of nitrogens with one attached hydrogen (secondary N) is 2. The van der Waals surface area contributed by atoms with E-state index in [0.717, 1.165) is 19.0 Å². The molecule has 0 aromatic carbocycles. The highest BCUT2D eigenvalue weighted by Gasteiger charge is 2.55. The molecule has 32 heavy (non-hydrogen) atoms. The van der Waals surface area contributed by atoms with Crippen LogP contribution in [0, 0.1) is 23.1 Å². The fourth-order valence-corrected chi connectivity index (χ4v) is 4.52. The molecule has 5 rings (SSSR count). The van der Waals surface area contributed by atoms with Crippen LogP contribution in [-0.4, -0.2) is 56.6 Å². The van der Waals surface area contributed by atoms with Crippen molar-refractivity contribution in [2.45, 2.75) is 49.6 Å². The van der Waals surface area contributed by atoms with E-state index in [-0.39, 0.29) is 46.1 Å². The molecule has 2 aromatic heterocycles. The third-order valence-electron chi connectivity index (χ3n) is 6.79. The molecular formula is C22H23FN6O3. The van der Waals surface area contributed by atoms with Gasteiger partial charge in [0.05, 0.1) is 25.1 Å². The maximum Gasteiger partial charge on any atom is 0.272 e. The summed E-state index contributed by atoms with van der Waals surface area (Å²) >= 11 is 0. The molecular weight excluding hydrogens is 415 g/mol. The number of aromatic amines is 1. The van der Waals surface area contributed by atoms with Crippen molar-refractivity contribution in [3.63, 3.8) is 0 Å². The van der Waals surface area contributed by atoms with Gasteiger partial charge in [-0.3, -0.25) is 14.7 Å². The number of carbonyl (C=O) groups excluding carboxylic acids is 2. The number of carbonyl (C=O) groups is 2. The molecule has 2 saturated carbocycles. The summed E-state index contributed by atoms with van der Waals surface area (Å²) in [6.07, 6.45) is 5.25. The lowest BCUT2D eigenvalue weighted by atomic mass is 9.87. The summed E-state index contributed by atoms with van der Waals surface area (Å²) < 4.78 is 19.3. The van der Waals surface area contributed by atoms with Crippen molar-refractivity contribution in [2.24, 2.45) is 5.92 Å². The van der Waals surface area contributed by atoms with Gasteiger partial charge in [-0.05, 0) is 44.6 Å². The summed E-state index contributed by atoms with van der Waals surface area (Å²) in [6.45, 7) is 0.447. The van der Waals surface area contributed by atoms with Gasteiger partial charge in [0.15, 0.2) is 5.82 Å². The second-order valence-electron chi connectivity index (χ2n) is 8.93. The van der Waals surface area contributed by atoms with Crippen molar-refractivity contribution in [1.82, 2.24) is 25.4 Å². The smallest absolute Gasteiger partial charge is 0.272 e. The predicted molar refractivity (Wildman–Crippen MR) is 110 cm³/mol. The van der Waals surface area contributed by atoms with Crippen molar-refractivity contribution in [3.8, 4) is 23.2 Å². The Morgan fingerprint density at radius 1 is 1.34 bits per heavy atom. The van der Waals surface area contributed by atoms with Crippen molar-refractivity contribution >= 4 is 11.8 Å². The normalized spacial score (nSPS) is 22.2. The first kappa shape index (κ1) is 20.4. The van der Waals surface area contributed by atoms with E-state index in [0.29, 0.717) is 32.2 Å². The minimum Gasteiger partial charge on any atom is -0.481 e. The Morgan fingerprint density at radius 3 is 2.78 bits per heavy atom. The van der Waals surface area contributed by atoms with Gasteiger partial charge in [0.25, 0.3) is 5.91 Å². The summed E-state index contributed by atoms with van der Waals surface area (Å²) in [5.74, 6) is -0.819. The summed E-state index contributed by atoms with van der Waals surface area (Å²) in [4.78, 5) is 31.6. The van der Waals surface area contributed by atoms with E-state index < -0.39 is 11.4 Å². The third kappa shape index (κ3) is 3.47. The van der Waals surface area contributed by atoms with Crippen LogP contribution < -0.4 is 10.1 Å². The van der Waals surface area contributed by atoms with E-state index in [9.17, 15) is 19.2 Å². The Bertz CT molecular complexity index is 1130. The second-order valence-corrected chi connectivity index (χ2v) is 8.93. The zero-order valence-electron chi connectivity index (χ0n) is 17.7. The minimum atomic E-state index is -0.683. The number of hydrogen-bond acceptors (Lipinski definition) is 6. The number of piperidine rings is 1. The zero-order chi connectivity index (χ0) is 22.5. The van der Waals surface area contributed by atoms with Gasteiger partial charge in [0, 0.05) is 29.6 Å². The first-order chi connectivity index (χ1) is 15.4.